The second-order valence-electron chi connectivity index (χ2n) is 5.13. The number of carbonyl (C=O) groups excluding carboxylic acids is 1. The van der Waals surface area contributed by atoms with Crippen molar-refractivity contribution in [2.24, 2.45) is 0 Å². The van der Waals surface area contributed by atoms with Gasteiger partial charge in [0.2, 0.25) is 5.91 Å². The van der Waals surface area contributed by atoms with Gasteiger partial charge in [-0.15, -0.1) is 0 Å². The lowest BCUT2D eigenvalue weighted by Crippen LogP contribution is -2.32. The number of carbonyl (C=O) groups is 1. The first-order valence-electron chi connectivity index (χ1n) is 7.57. The van der Waals surface area contributed by atoms with Crippen molar-refractivity contribution in [3.05, 3.63) is 35.6 Å². The molecule has 0 aromatic heterocycles. The fourth-order valence-electron chi connectivity index (χ4n) is 2.65. The standard InChI is InChI=1S/C16H23FN2O2/c1-3-14-16(20)19(10-7-11-21-4-2)15(18-14)12-8-5-6-9-13(12)17/h5-6,8-9,14-15,18H,3-4,7,10-11H2,1-2H3. The molecule has 1 N–H and O–H groups in total. The van der Waals surface area contributed by atoms with Gasteiger partial charge in [0.15, 0.2) is 0 Å². The zero-order chi connectivity index (χ0) is 15.2. The van der Waals surface area contributed by atoms with E-state index in [0.717, 1.165) is 6.42 Å². The molecule has 5 heteroatoms. The quantitative estimate of drug-likeness (QED) is 0.785. The Hall–Kier alpha value is -1.46. The van der Waals surface area contributed by atoms with Crippen LogP contribution in [0.25, 0.3) is 0 Å². The predicted molar refractivity (Wildman–Crippen MR) is 79.2 cm³/mol. The summed E-state index contributed by atoms with van der Waals surface area (Å²) in [5.74, 6) is -0.239. The van der Waals surface area contributed by atoms with E-state index in [-0.39, 0.29) is 23.9 Å². The normalized spacial score (nSPS) is 22.0. The first-order chi connectivity index (χ1) is 10.2. The number of nitrogens with one attached hydrogen (secondary N) is 1. The van der Waals surface area contributed by atoms with Gasteiger partial charge in [0.25, 0.3) is 0 Å². The molecule has 0 aliphatic carbocycles. The molecule has 1 fully saturated rings. The molecule has 1 saturated heterocycles. The van der Waals surface area contributed by atoms with E-state index < -0.39 is 0 Å². The highest BCUT2D eigenvalue weighted by Gasteiger charge is 2.39. The molecule has 1 aromatic carbocycles. The van der Waals surface area contributed by atoms with Crippen LogP contribution in [-0.4, -0.2) is 36.6 Å². The summed E-state index contributed by atoms with van der Waals surface area (Å²) in [6.07, 6.45) is 1.07. The smallest absolute Gasteiger partial charge is 0.241 e. The summed E-state index contributed by atoms with van der Waals surface area (Å²) >= 11 is 0. The lowest BCUT2D eigenvalue weighted by atomic mass is 10.1. The molecule has 0 bridgehead atoms. The third-order valence-corrected chi connectivity index (χ3v) is 3.75. The van der Waals surface area contributed by atoms with Gasteiger partial charge in [-0.3, -0.25) is 10.1 Å². The zero-order valence-corrected chi connectivity index (χ0v) is 12.6. The Morgan fingerprint density at radius 2 is 2.10 bits per heavy atom. The molecular formula is C16H23FN2O2. The molecule has 2 unspecified atom stereocenters. The zero-order valence-electron chi connectivity index (χ0n) is 12.6. The molecule has 116 valence electrons. The molecule has 1 aromatic rings. The van der Waals surface area contributed by atoms with Crippen molar-refractivity contribution in [2.75, 3.05) is 19.8 Å². The van der Waals surface area contributed by atoms with Crippen LogP contribution in [0, 0.1) is 5.82 Å². The van der Waals surface area contributed by atoms with Crippen LogP contribution in [0.3, 0.4) is 0 Å². The molecule has 1 amide bonds. The minimum atomic E-state index is -0.384. The first kappa shape index (κ1) is 15.9. The minimum absolute atomic E-state index is 0.0438. The van der Waals surface area contributed by atoms with Gasteiger partial charge >= 0.3 is 0 Å². The topological polar surface area (TPSA) is 41.6 Å². The van der Waals surface area contributed by atoms with Crippen LogP contribution >= 0.6 is 0 Å². The first-order valence-corrected chi connectivity index (χ1v) is 7.57. The van der Waals surface area contributed by atoms with Crippen LogP contribution in [-0.2, 0) is 9.53 Å². The molecule has 1 aliphatic rings. The van der Waals surface area contributed by atoms with Gasteiger partial charge in [-0.2, -0.15) is 0 Å². The number of hydrogen-bond acceptors (Lipinski definition) is 3. The van der Waals surface area contributed by atoms with E-state index in [1.807, 2.05) is 13.8 Å². The Balaban J connectivity index is 2.13. The van der Waals surface area contributed by atoms with Gasteiger partial charge in [0.1, 0.15) is 12.0 Å². The fourth-order valence-corrected chi connectivity index (χ4v) is 2.65. The Bertz CT molecular complexity index is 481. The minimum Gasteiger partial charge on any atom is -0.382 e. The van der Waals surface area contributed by atoms with Gasteiger partial charge in [0.05, 0.1) is 6.04 Å². The second-order valence-corrected chi connectivity index (χ2v) is 5.13. The third-order valence-electron chi connectivity index (χ3n) is 3.75. The summed E-state index contributed by atoms with van der Waals surface area (Å²) in [5, 5.41) is 3.23. The van der Waals surface area contributed by atoms with E-state index in [4.69, 9.17) is 4.74 Å². The van der Waals surface area contributed by atoms with E-state index in [1.54, 1.807) is 23.1 Å². The van der Waals surface area contributed by atoms with Crippen molar-refractivity contribution in [2.45, 2.75) is 38.9 Å². The average molecular weight is 294 g/mol. The number of amides is 1. The maximum atomic E-state index is 14.0. The van der Waals surface area contributed by atoms with Crippen molar-refractivity contribution in [1.82, 2.24) is 10.2 Å². The summed E-state index contributed by atoms with van der Waals surface area (Å²) in [5.41, 5.74) is 0.526. The van der Waals surface area contributed by atoms with Gasteiger partial charge in [0, 0.05) is 25.3 Å². The Morgan fingerprint density at radius 1 is 1.33 bits per heavy atom. The molecular weight excluding hydrogens is 271 g/mol. The molecule has 2 atom stereocenters. The van der Waals surface area contributed by atoms with E-state index in [1.165, 1.54) is 6.07 Å². The number of benzene rings is 1. The highest BCUT2D eigenvalue weighted by atomic mass is 19.1. The summed E-state index contributed by atoms with van der Waals surface area (Å²) in [7, 11) is 0. The van der Waals surface area contributed by atoms with E-state index in [9.17, 15) is 9.18 Å². The molecule has 1 heterocycles. The predicted octanol–water partition coefficient (Wildman–Crippen LogP) is 2.46. The monoisotopic (exact) mass is 294 g/mol. The lowest BCUT2D eigenvalue weighted by Gasteiger charge is -2.24. The van der Waals surface area contributed by atoms with Crippen molar-refractivity contribution in [1.29, 1.82) is 0 Å². The molecule has 0 radical (unpaired) electrons. The largest absolute Gasteiger partial charge is 0.382 e. The summed E-state index contributed by atoms with van der Waals surface area (Å²) < 4.78 is 19.3. The molecule has 4 nitrogen and oxygen atoms in total. The average Bonchev–Trinajstić information content (AvgIpc) is 2.80. The second kappa shape index (κ2) is 7.52. The van der Waals surface area contributed by atoms with Crippen LogP contribution < -0.4 is 5.32 Å². The maximum absolute atomic E-state index is 14.0. The number of nitrogens with zero attached hydrogens (tertiary/aromatic N) is 1. The van der Waals surface area contributed by atoms with Crippen LogP contribution in [0.2, 0.25) is 0 Å². The Kier molecular flexibility index (Phi) is 5.70. The van der Waals surface area contributed by atoms with Crippen LogP contribution in [0.5, 0.6) is 0 Å². The molecule has 0 spiro atoms. The van der Waals surface area contributed by atoms with Crippen LogP contribution in [0.4, 0.5) is 4.39 Å². The third kappa shape index (κ3) is 3.60. The fraction of sp³-hybridized carbons (Fsp3) is 0.562. The molecule has 2 rings (SSSR count). The summed E-state index contributed by atoms with van der Waals surface area (Å²) in [6.45, 7) is 5.75. The molecule has 0 saturated carbocycles. The highest BCUT2D eigenvalue weighted by Crippen LogP contribution is 2.28. The molecule has 21 heavy (non-hydrogen) atoms. The van der Waals surface area contributed by atoms with Gasteiger partial charge in [-0.05, 0) is 25.8 Å². The van der Waals surface area contributed by atoms with E-state index in [0.29, 0.717) is 31.7 Å². The van der Waals surface area contributed by atoms with E-state index in [2.05, 4.69) is 5.32 Å². The number of halogens is 1. The van der Waals surface area contributed by atoms with Crippen LogP contribution in [0.15, 0.2) is 24.3 Å². The number of hydrogen-bond donors (Lipinski definition) is 1. The van der Waals surface area contributed by atoms with Crippen LogP contribution in [0.1, 0.15) is 38.4 Å². The van der Waals surface area contributed by atoms with Crippen molar-refractivity contribution in [3.8, 4) is 0 Å². The number of rotatable bonds is 7. The van der Waals surface area contributed by atoms with Crippen molar-refractivity contribution < 1.29 is 13.9 Å². The maximum Gasteiger partial charge on any atom is 0.241 e. The summed E-state index contributed by atoms with van der Waals surface area (Å²) in [4.78, 5) is 14.1. The molecule has 1 aliphatic heterocycles. The van der Waals surface area contributed by atoms with E-state index >= 15 is 0 Å². The number of ether oxygens (including phenoxy) is 1. The lowest BCUT2D eigenvalue weighted by molar-refractivity contribution is -0.130. The van der Waals surface area contributed by atoms with Crippen molar-refractivity contribution in [3.63, 3.8) is 0 Å². The Morgan fingerprint density at radius 3 is 2.76 bits per heavy atom. The summed E-state index contributed by atoms with van der Waals surface area (Å²) in [6, 6.07) is 6.38. The van der Waals surface area contributed by atoms with Crippen molar-refractivity contribution >= 4 is 5.91 Å². The van der Waals surface area contributed by atoms with Gasteiger partial charge in [-0.25, -0.2) is 4.39 Å². The van der Waals surface area contributed by atoms with Gasteiger partial charge in [-0.1, -0.05) is 25.1 Å². The Labute approximate surface area is 125 Å². The van der Waals surface area contributed by atoms with Gasteiger partial charge < -0.3 is 9.64 Å². The highest BCUT2D eigenvalue weighted by molar-refractivity contribution is 5.84. The SMILES string of the molecule is CCOCCCN1C(=O)C(CC)NC1c1ccccc1F.